The Hall–Kier alpha value is -2.41. The fraction of sp³-hybridized carbons (Fsp3) is 0.353. The summed E-state index contributed by atoms with van der Waals surface area (Å²) in [6, 6.07) is 5.45. The number of anilines is 1. The van der Waals surface area contributed by atoms with E-state index in [2.05, 4.69) is 15.3 Å². The molecule has 1 N–H and O–H groups in total. The van der Waals surface area contributed by atoms with Crippen molar-refractivity contribution in [2.75, 3.05) is 12.4 Å². The van der Waals surface area contributed by atoms with Gasteiger partial charge >= 0.3 is 6.03 Å². The first-order valence-electron chi connectivity index (χ1n) is 7.75. The number of urea groups is 1. The molecule has 126 valence electrons. The SMILES string of the molecule is Cc1nc([C@H](C)N(C)C(=O)Nc2ccc3ncn(C)c3c2)c(C)s1. The summed E-state index contributed by atoms with van der Waals surface area (Å²) < 4.78 is 1.93. The topological polar surface area (TPSA) is 63.1 Å². The molecule has 2 amide bonds. The molecule has 0 bridgehead atoms. The highest BCUT2D eigenvalue weighted by molar-refractivity contribution is 7.11. The van der Waals surface area contributed by atoms with E-state index >= 15 is 0 Å². The number of amides is 2. The lowest BCUT2D eigenvalue weighted by Crippen LogP contribution is -2.34. The summed E-state index contributed by atoms with van der Waals surface area (Å²) >= 11 is 1.66. The van der Waals surface area contributed by atoms with Gasteiger partial charge in [-0.3, -0.25) is 0 Å². The molecule has 3 rings (SSSR count). The summed E-state index contributed by atoms with van der Waals surface area (Å²) in [4.78, 5) is 24.2. The van der Waals surface area contributed by atoms with Gasteiger partial charge in [-0.15, -0.1) is 11.3 Å². The van der Waals surface area contributed by atoms with Gasteiger partial charge in [0.1, 0.15) is 0 Å². The second kappa shape index (κ2) is 6.24. The van der Waals surface area contributed by atoms with Crippen LogP contribution in [0.3, 0.4) is 0 Å². The van der Waals surface area contributed by atoms with Crippen molar-refractivity contribution in [2.45, 2.75) is 26.8 Å². The van der Waals surface area contributed by atoms with Crippen LogP contribution in [0.5, 0.6) is 0 Å². The number of rotatable bonds is 3. The van der Waals surface area contributed by atoms with E-state index in [0.717, 1.165) is 32.3 Å². The molecule has 0 spiro atoms. The molecule has 0 unspecified atom stereocenters. The van der Waals surface area contributed by atoms with Gasteiger partial charge in [-0.05, 0) is 39.0 Å². The first-order valence-corrected chi connectivity index (χ1v) is 8.57. The molecular weight excluding hydrogens is 322 g/mol. The van der Waals surface area contributed by atoms with Gasteiger partial charge in [-0.2, -0.15) is 0 Å². The highest BCUT2D eigenvalue weighted by Gasteiger charge is 2.21. The minimum Gasteiger partial charge on any atom is -0.334 e. The van der Waals surface area contributed by atoms with Gasteiger partial charge in [0.05, 0.1) is 34.1 Å². The highest BCUT2D eigenvalue weighted by Crippen LogP contribution is 2.26. The average Bonchev–Trinajstić information content (AvgIpc) is 3.08. The summed E-state index contributed by atoms with van der Waals surface area (Å²) in [5.74, 6) is 0. The molecule has 0 saturated heterocycles. The van der Waals surface area contributed by atoms with Crippen LogP contribution in [0.1, 0.15) is 28.5 Å². The van der Waals surface area contributed by atoms with Gasteiger partial charge < -0.3 is 14.8 Å². The molecule has 0 aliphatic carbocycles. The maximum Gasteiger partial charge on any atom is 0.322 e. The van der Waals surface area contributed by atoms with E-state index in [1.54, 1.807) is 29.6 Å². The molecule has 0 saturated carbocycles. The lowest BCUT2D eigenvalue weighted by atomic mass is 10.2. The van der Waals surface area contributed by atoms with Crippen molar-refractivity contribution >= 4 is 34.1 Å². The Morgan fingerprint density at radius 1 is 1.38 bits per heavy atom. The molecule has 0 aliphatic rings. The molecule has 0 fully saturated rings. The number of hydrogen-bond donors (Lipinski definition) is 1. The van der Waals surface area contributed by atoms with Gasteiger partial charge in [0.2, 0.25) is 0 Å². The standard InChI is InChI=1S/C17H21N5OS/c1-10(16-11(2)24-12(3)19-16)22(5)17(23)20-13-6-7-14-15(8-13)21(4)9-18-14/h6-10H,1-5H3,(H,20,23)/t10-/m0/s1. The monoisotopic (exact) mass is 343 g/mol. The molecule has 7 heteroatoms. The van der Waals surface area contributed by atoms with E-state index in [0.29, 0.717) is 0 Å². The Labute approximate surface area is 145 Å². The van der Waals surface area contributed by atoms with Crippen molar-refractivity contribution in [1.82, 2.24) is 19.4 Å². The van der Waals surface area contributed by atoms with Crippen LogP contribution in [0.25, 0.3) is 11.0 Å². The second-order valence-electron chi connectivity index (χ2n) is 5.95. The van der Waals surface area contributed by atoms with Crippen molar-refractivity contribution in [3.63, 3.8) is 0 Å². The Morgan fingerprint density at radius 2 is 2.12 bits per heavy atom. The van der Waals surface area contributed by atoms with E-state index in [-0.39, 0.29) is 12.1 Å². The van der Waals surface area contributed by atoms with Gasteiger partial charge in [-0.25, -0.2) is 14.8 Å². The number of hydrogen-bond acceptors (Lipinski definition) is 4. The van der Waals surface area contributed by atoms with Crippen LogP contribution in [0, 0.1) is 13.8 Å². The third kappa shape index (κ3) is 2.99. The lowest BCUT2D eigenvalue weighted by Gasteiger charge is -2.24. The predicted molar refractivity (Wildman–Crippen MR) is 97.5 cm³/mol. The van der Waals surface area contributed by atoms with Gasteiger partial charge in [0.15, 0.2) is 0 Å². The zero-order valence-electron chi connectivity index (χ0n) is 14.5. The quantitative estimate of drug-likeness (QED) is 0.785. The first kappa shape index (κ1) is 16.4. The van der Waals surface area contributed by atoms with Crippen LogP contribution in [0.15, 0.2) is 24.5 Å². The number of thiazole rings is 1. The number of aromatic nitrogens is 3. The normalized spacial score (nSPS) is 12.4. The third-order valence-corrected chi connectivity index (χ3v) is 5.12. The predicted octanol–water partition coefficient (Wildman–Crippen LogP) is 3.87. The molecule has 24 heavy (non-hydrogen) atoms. The fourth-order valence-electron chi connectivity index (χ4n) is 2.71. The molecule has 2 aromatic heterocycles. The number of fused-ring (bicyclic) bond motifs is 1. The van der Waals surface area contributed by atoms with Crippen molar-refractivity contribution in [2.24, 2.45) is 7.05 Å². The average molecular weight is 343 g/mol. The molecular formula is C17H21N5OS. The molecule has 1 atom stereocenters. The van der Waals surface area contributed by atoms with E-state index < -0.39 is 0 Å². The van der Waals surface area contributed by atoms with Crippen molar-refractivity contribution < 1.29 is 4.79 Å². The number of nitrogens with zero attached hydrogens (tertiary/aromatic N) is 4. The van der Waals surface area contributed by atoms with Crippen LogP contribution in [-0.4, -0.2) is 32.5 Å². The molecule has 6 nitrogen and oxygen atoms in total. The maximum atomic E-state index is 12.6. The fourth-order valence-corrected chi connectivity index (χ4v) is 3.62. The van der Waals surface area contributed by atoms with E-state index in [1.165, 1.54) is 0 Å². The number of nitrogens with one attached hydrogen (secondary N) is 1. The maximum absolute atomic E-state index is 12.6. The molecule has 2 heterocycles. The largest absolute Gasteiger partial charge is 0.334 e. The van der Waals surface area contributed by atoms with E-state index in [1.807, 2.05) is 50.6 Å². The third-order valence-electron chi connectivity index (χ3n) is 4.21. The summed E-state index contributed by atoms with van der Waals surface area (Å²) in [6.07, 6.45) is 1.76. The van der Waals surface area contributed by atoms with Crippen LogP contribution >= 0.6 is 11.3 Å². The van der Waals surface area contributed by atoms with Gasteiger partial charge in [0, 0.05) is 24.7 Å². The van der Waals surface area contributed by atoms with Crippen molar-refractivity contribution in [1.29, 1.82) is 0 Å². The molecule has 0 radical (unpaired) electrons. The van der Waals surface area contributed by atoms with Crippen LogP contribution < -0.4 is 5.32 Å². The molecule has 1 aromatic carbocycles. The Bertz CT molecular complexity index is 898. The number of aryl methyl sites for hydroxylation is 3. The summed E-state index contributed by atoms with van der Waals surface area (Å²) in [5, 5.41) is 3.97. The second-order valence-corrected chi connectivity index (χ2v) is 7.36. The number of carbonyl (C=O) groups excluding carboxylic acids is 1. The van der Waals surface area contributed by atoms with Crippen molar-refractivity contribution in [3.8, 4) is 0 Å². The Balaban J connectivity index is 1.77. The molecule has 3 aromatic rings. The zero-order valence-corrected chi connectivity index (χ0v) is 15.3. The summed E-state index contributed by atoms with van der Waals surface area (Å²) in [7, 11) is 3.72. The lowest BCUT2D eigenvalue weighted by molar-refractivity contribution is 0.207. The van der Waals surface area contributed by atoms with E-state index in [9.17, 15) is 4.79 Å². The van der Waals surface area contributed by atoms with Crippen LogP contribution in [0.4, 0.5) is 10.5 Å². The Kier molecular flexibility index (Phi) is 4.28. The summed E-state index contributed by atoms with van der Waals surface area (Å²) in [6.45, 7) is 6.01. The first-order chi connectivity index (χ1) is 11.4. The van der Waals surface area contributed by atoms with Crippen LogP contribution in [-0.2, 0) is 7.05 Å². The van der Waals surface area contributed by atoms with Crippen molar-refractivity contribution in [3.05, 3.63) is 40.1 Å². The van der Waals surface area contributed by atoms with Gasteiger partial charge in [0.25, 0.3) is 0 Å². The summed E-state index contributed by atoms with van der Waals surface area (Å²) in [5.41, 5.74) is 3.60. The van der Waals surface area contributed by atoms with Gasteiger partial charge in [-0.1, -0.05) is 0 Å². The zero-order chi connectivity index (χ0) is 17.4. The van der Waals surface area contributed by atoms with Crippen LogP contribution in [0.2, 0.25) is 0 Å². The highest BCUT2D eigenvalue weighted by atomic mass is 32.1. The minimum atomic E-state index is -0.158. The number of carbonyl (C=O) groups is 1. The van der Waals surface area contributed by atoms with E-state index in [4.69, 9.17) is 0 Å². The molecule has 0 aliphatic heterocycles. The number of benzene rings is 1. The number of imidazole rings is 1. The minimum absolute atomic E-state index is 0.0876. The smallest absolute Gasteiger partial charge is 0.322 e. The Morgan fingerprint density at radius 3 is 2.79 bits per heavy atom.